The fourth-order valence-electron chi connectivity index (χ4n) is 3.42. The highest BCUT2D eigenvalue weighted by molar-refractivity contribution is 5.83. The summed E-state index contributed by atoms with van der Waals surface area (Å²) in [6.07, 6.45) is 1.09. The standard InChI is InChI=1S/C19H26N2/c1-14(21-11-10-18(20)19(2,3)13-21)16-9-8-15-6-4-5-7-17(15)12-16/h4-9,12,14,18H,10-11,13,20H2,1-3H3. The first-order valence-corrected chi connectivity index (χ1v) is 7.96. The molecule has 0 saturated carbocycles. The summed E-state index contributed by atoms with van der Waals surface area (Å²) in [7, 11) is 0. The maximum atomic E-state index is 6.26. The van der Waals surface area contributed by atoms with Crippen molar-refractivity contribution < 1.29 is 0 Å². The molecule has 0 bridgehead atoms. The predicted molar refractivity (Wildman–Crippen MR) is 90.3 cm³/mol. The fraction of sp³-hybridized carbons (Fsp3) is 0.474. The molecule has 2 aromatic rings. The number of rotatable bonds is 2. The molecule has 2 N–H and O–H groups in total. The van der Waals surface area contributed by atoms with Crippen molar-refractivity contribution in [3.63, 3.8) is 0 Å². The van der Waals surface area contributed by atoms with E-state index >= 15 is 0 Å². The Kier molecular flexibility index (Phi) is 3.76. The average molecular weight is 282 g/mol. The van der Waals surface area contributed by atoms with Crippen molar-refractivity contribution in [3.8, 4) is 0 Å². The Balaban J connectivity index is 1.85. The molecular weight excluding hydrogens is 256 g/mol. The lowest BCUT2D eigenvalue weighted by molar-refractivity contribution is 0.0665. The molecule has 2 nitrogen and oxygen atoms in total. The molecule has 1 heterocycles. The maximum Gasteiger partial charge on any atom is 0.0320 e. The molecule has 1 aliphatic rings. The van der Waals surface area contributed by atoms with Gasteiger partial charge < -0.3 is 5.73 Å². The van der Waals surface area contributed by atoms with Gasteiger partial charge in [0.25, 0.3) is 0 Å². The van der Waals surface area contributed by atoms with E-state index in [1.54, 1.807) is 0 Å². The van der Waals surface area contributed by atoms with E-state index in [0.29, 0.717) is 12.1 Å². The lowest BCUT2D eigenvalue weighted by Gasteiger charge is -2.45. The van der Waals surface area contributed by atoms with Gasteiger partial charge in [0, 0.05) is 25.2 Å². The Morgan fingerprint density at radius 2 is 1.86 bits per heavy atom. The second-order valence-corrected chi connectivity index (χ2v) is 7.14. The largest absolute Gasteiger partial charge is 0.327 e. The molecule has 0 spiro atoms. The number of benzene rings is 2. The summed E-state index contributed by atoms with van der Waals surface area (Å²) in [5.41, 5.74) is 7.86. The van der Waals surface area contributed by atoms with Crippen molar-refractivity contribution >= 4 is 10.8 Å². The fourth-order valence-corrected chi connectivity index (χ4v) is 3.42. The van der Waals surface area contributed by atoms with Crippen LogP contribution in [0.3, 0.4) is 0 Å². The summed E-state index contributed by atoms with van der Waals surface area (Å²) in [6.45, 7) is 9.06. The molecule has 0 aromatic heterocycles. The molecule has 0 radical (unpaired) electrons. The summed E-state index contributed by atoms with van der Waals surface area (Å²) in [6, 6.07) is 16.2. The third-order valence-electron chi connectivity index (χ3n) is 5.15. The van der Waals surface area contributed by atoms with Crippen molar-refractivity contribution in [3.05, 3.63) is 48.0 Å². The van der Waals surface area contributed by atoms with Gasteiger partial charge >= 0.3 is 0 Å². The molecule has 1 saturated heterocycles. The van der Waals surface area contributed by atoms with Crippen molar-refractivity contribution in [2.75, 3.05) is 13.1 Å². The molecule has 2 aromatic carbocycles. The summed E-state index contributed by atoms with van der Waals surface area (Å²) in [4.78, 5) is 2.58. The van der Waals surface area contributed by atoms with E-state index < -0.39 is 0 Å². The lowest BCUT2D eigenvalue weighted by atomic mass is 9.79. The van der Waals surface area contributed by atoms with Crippen LogP contribution >= 0.6 is 0 Å². The van der Waals surface area contributed by atoms with Gasteiger partial charge in [0.05, 0.1) is 0 Å². The molecule has 0 amide bonds. The van der Waals surface area contributed by atoms with E-state index in [1.165, 1.54) is 16.3 Å². The molecule has 2 unspecified atom stereocenters. The van der Waals surface area contributed by atoms with Gasteiger partial charge in [-0.15, -0.1) is 0 Å². The van der Waals surface area contributed by atoms with Crippen LogP contribution in [0.1, 0.15) is 38.8 Å². The Morgan fingerprint density at radius 1 is 1.14 bits per heavy atom. The quantitative estimate of drug-likeness (QED) is 0.903. The topological polar surface area (TPSA) is 29.3 Å². The third-order valence-corrected chi connectivity index (χ3v) is 5.15. The minimum absolute atomic E-state index is 0.198. The Morgan fingerprint density at radius 3 is 2.57 bits per heavy atom. The molecule has 0 aliphatic carbocycles. The highest BCUT2D eigenvalue weighted by Gasteiger charge is 2.35. The third kappa shape index (κ3) is 2.83. The van der Waals surface area contributed by atoms with Crippen LogP contribution in [0, 0.1) is 5.41 Å². The van der Waals surface area contributed by atoms with E-state index in [0.717, 1.165) is 19.5 Å². The maximum absolute atomic E-state index is 6.26. The van der Waals surface area contributed by atoms with Gasteiger partial charge in [-0.05, 0) is 41.2 Å². The Bertz CT molecular complexity index is 632. The van der Waals surface area contributed by atoms with Crippen molar-refractivity contribution in [2.45, 2.75) is 39.3 Å². The highest BCUT2D eigenvalue weighted by atomic mass is 15.2. The van der Waals surface area contributed by atoms with E-state index in [-0.39, 0.29) is 5.41 Å². The molecular formula is C19H26N2. The number of piperidine rings is 1. The second kappa shape index (κ2) is 5.43. The van der Waals surface area contributed by atoms with Crippen molar-refractivity contribution in [1.29, 1.82) is 0 Å². The Labute approximate surface area is 127 Å². The summed E-state index contributed by atoms with van der Waals surface area (Å²) in [5.74, 6) is 0. The minimum atomic E-state index is 0.198. The number of hydrogen-bond acceptors (Lipinski definition) is 2. The number of fused-ring (bicyclic) bond motifs is 1. The van der Waals surface area contributed by atoms with E-state index in [4.69, 9.17) is 5.73 Å². The van der Waals surface area contributed by atoms with Crippen LogP contribution in [0.5, 0.6) is 0 Å². The normalized spacial score (nSPS) is 24.1. The number of likely N-dealkylation sites (tertiary alicyclic amines) is 1. The minimum Gasteiger partial charge on any atom is -0.327 e. The van der Waals surface area contributed by atoms with Crippen LogP contribution < -0.4 is 5.73 Å². The zero-order chi connectivity index (χ0) is 15.0. The van der Waals surface area contributed by atoms with Crippen LogP contribution in [0.15, 0.2) is 42.5 Å². The molecule has 1 aliphatic heterocycles. The van der Waals surface area contributed by atoms with Gasteiger partial charge in [0.1, 0.15) is 0 Å². The molecule has 1 fully saturated rings. The molecule has 2 heteroatoms. The van der Waals surface area contributed by atoms with E-state index in [9.17, 15) is 0 Å². The van der Waals surface area contributed by atoms with E-state index in [1.807, 2.05) is 0 Å². The molecule has 112 valence electrons. The van der Waals surface area contributed by atoms with E-state index in [2.05, 4.69) is 68.1 Å². The van der Waals surface area contributed by atoms with Gasteiger partial charge in [-0.3, -0.25) is 4.90 Å². The summed E-state index contributed by atoms with van der Waals surface area (Å²) >= 11 is 0. The van der Waals surface area contributed by atoms with Gasteiger partial charge in [0.15, 0.2) is 0 Å². The zero-order valence-electron chi connectivity index (χ0n) is 13.3. The monoisotopic (exact) mass is 282 g/mol. The van der Waals surface area contributed by atoms with Crippen LogP contribution in [0.25, 0.3) is 10.8 Å². The Hall–Kier alpha value is -1.38. The average Bonchev–Trinajstić information content (AvgIpc) is 2.48. The van der Waals surface area contributed by atoms with Crippen molar-refractivity contribution in [1.82, 2.24) is 4.90 Å². The van der Waals surface area contributed by atoms with Crippen LogP contribution in [-0.4, -0.2) is 24.0 Å². The first-order chi connectivity index (χ1) is 9.97. The first-order valence-electron chi connectivity index (χ1n) is 7.96. The molecule has 21 heavy (non-hydrogen) atoms. The number of nitrogens with zero attached hydrogens (tertiary/aromatic N) is 1. The number of nitrogens with two attached hydrogens (primary N) is 1. The SMILES string of the molecule is CC(c1ccc2ccccc2c1)N1CCC(N)C(C)(C)C1. The molecule has 2 atom stereocenters. The zero-order valence-corrected chi connectivity index (χ0v) is 13.3. The number of hydrogen-bond donors (Lipinski definition) is 1. The second-order valence-electron chi connectivity index (χ2n) is 7.14. The summed E-state index contributed by atoms with van der Waals surface area (Å²) < 4.78 is 0. The molecule has 3 rings (SSSR count). The predicted octanol–water partition coefficient (Wildman–Crippen LogP) is 3.96. The van der Waals surface area contributed by atoms with Crippen molar-refractivity contribution in [2.24, 2.45) is 11.1 Å². The van der Waals surface area contributed by atoms with Gasteiger partial charge in [-0.2, -0.15) is 0 Å². The summed E-state index contributed by atoms with van der Waals surface area (Å²) in [5, 5.41) is 2.64. The van der Waals surface area contributed by atoms with Gasteiger partial charge in [-0.1, -0.05) is 50.2 Å². The van der Waals surface area contributed by atoms with Gasteiger partial charge in [-0.25, -0.2) is 0 Å². The lowest BCUT2D eigenvalue weighted by Crippen LogP contribution is -2.52. The smallest absolute Gasteiger partial charge is 0.0320 e. The first kappa shape index (κ1) is 14.6. The van der Waals surface area contributed by atoms with Crippen LogP contribution in [0.2, 0.25) is 0 Å². The highest BCUT2D eigenvalue weighted by Crippen LogP contribution is 2.33. The van der Waals surface area contributed by atoms with Gasteiger partial charge in [0.2, 0.25) is 0 Å². The van der Waals surface area contributed by atoms with Crippen LogP contribution in [-0.2, 0) is 0 Å². The van der Waals surface area contributed by atoms with Crippen LogP contribution in [0.4, 0.5) is 0 Å².